The number of nitrogens with zero attached hydrogens (tertiary/aromatic N) is 2. The number of rotatable bonds is 8. The van der Waals surface area contributed by atoms with Gasteiger partial charge in [0.05, 0.1) is 12.7 Å². The molecule has 0 amide bonds. The van der Waals surface area contributed by atoms with E-state index < -0.39 is 0 Å². The lowest BCUT2D eigenvalue weighted by molar-refractivity contribution is -0.0741. The van der Waals surface area contributed by atoms with Gasteiger partial charge in [0, 0.05) is 45.0 Å². The quantitative estimate of drug-likeness (QED) is 0.439. The molecule has 5 fully saturated rings. The molecule has 0 radical (unpaired) electrons. The van der Waals surface area contributed by atoms with E-state index in [1.165, 1.54) is 50.6 Å². The van der Waals surface area contributed by atoms with Crippen LogP contribution in [-0.4, -0.2) is 62.0 Å². The molecule has 1 N–H and O–H groups in total. The fraction of sp³-hybridized carbons (Fsp3) is 0.760. The van der Waals surface area contributed by atoms with E-state index in [9.17, 15) is 5.11 Å². The Morgan fingerprint density at radius 1 is 0.903 bits per heavy atom. The number of piperazine rings is 1. The van der Waals surface area contributed by atoms with E-state index >= 15 is 0 Å². The Hall–Kier alpha value is -0.520. The van der Waals surface area contributed by atoms with Crippen molar-refractivity contribution < 1.29 is 34.7 Å². The highest BCUT2D eigenvalue weighted by molar-refractivity contribution is 5.46. The van der Waals surface area contributed by atoms with E-state index in [0.29, 0.717) is 12.0 Å². The van der Waals surface area contributed by atoms with E-state index in [1.807, 2.05) is 0 Å². The number of anilines is 1. The number of aliphatic hydroxyl groups is 1. The van der Waals surface area contributed by atoms with Gasteiger partial charge in [0.15, 0.2) is 0 Å². The maximum absolute atomic E-state index is 10.5. The first-order valence-electron chi connectivity index (χ1n) is 12.0. The fourth-order valence-electron chi connectivity index (χ4n) is 7.28. The second-order valence-electron chi connectivity index (χ2n) is 10.5. The van der Waals surface area contributed by atoms with Crippen molar-refractivity contribution in [3.63, 3.8) is 0 Å². The molecule has 4 aliphatic carbocycles. The summed E-state index contributed by atoms with van der Waals surface area (Å²) in [6.45, 7) is 6.15. The smallest absolute Gasteiger partial charge is 0.0900 e. The normalized spacial score (nSPS) is 32.9. The van der Waals surface area contributed by atoms with Gasteiger partial charge in [0.25, 0.3) is 0 Å². The summed E-state index contributed by atoms with van der Waals surface area (Å²) in [6, 6.07) is 10.6. The van der Waals surface area contributed by atoms with Crippen LogP contribution in [0.25, 0.3) is 0 Å². The predicted octanol–water partition coefficient (Wildman–Crippen LogP) is -2.20. The Labute approximate surface area is 200 Å². The monoisotopic (exact) mass is 468 g/mol. The third kappa shape index (κ3) is 6.09. The molecule has 1 atom stereocenters. The van der Waals surface area contributed by atoms with Crippen LogP contribution >= 0.6 is 0 Å². The van der Waals surface area contributed by atoms with Crippen molar-refractivity contribution in [3.8, 4) is 0 Å². The SMILES string of the molecule is OC(COCCC12CC3CC(CC(C3)C1)C2)CN1CCN(c2ccccc2)CC1.[Cl-].[Cl-]. The van der Waals surface area contributed by atoms with Crippen LogP contribution < -0.4 is 29.7 Å². The van der Waals surface area contributed by atoms with Gasteiger partial charge in [-0.25, -0.2) is 0 Å². The van der Waals surface area contributed by atoms with Crippen molar-refractivity contribution in [1.29, 1.82) is 0 Å². The fourth-order valence-corrected chi connectivity index (χ4v) is 7.28. The van der Waals surface area contributed by atoms with Crippen LogP contribution in [0.5, 0.6) is 0 Å². The highest BCUT2D eigenvalue weighted by Gasteiger charge is 2.50. The zero-order valence-electron chi connectivity index (χ0n) is 18.6. The Kier molecular flexibility index (Phi) is 8.97. The van der Waals surface area contributed by atoms with Crippen molar-refractivity contribution in [2.24, 2.45) is 23.2 Å². The summed E-state index contributed by atoms with van der Waals surface area (Å²) in [5.74, 6) is 3.05. The summed E-state index contributed by atoms with van der Waals surface area (Å²) < 4.78 is 5.98. The third-order valence-electron chi connectivity index (χ3n) is 8.21. The van der Waals surface area contributed by atoms with Gasteiger partial charge in [-0.3, -0.25) is 4.90 Å². The molecule has 1 aromatic carbocycles. The van der Waals surface area contributed by atoms with E-state index in [-0.39, 0.29) is 30.9 Å². The van der Waals surface area contributed by atoms with Gasteiger partial charge in [0.2, 0.25) is 0 Å². The summed E-state index contributed by atoms with van der Waals surface area (Å²) in [5, 5.41) is 10.5. The molecule has 5 aliphatic rings. The number of hydrogen-bond acceptors (Lipinski definition) is 4. The molecular formula is C25H38Cl2N2O2-2. The average molecular weight is 469 g/mol. The van der Waals surface area contributed by atoms with Crippen molar-refractivity contribution in [2.45, 2.75) is 51.0 Å². The van der Waals surface area contributed by atoms with Crippen LogP contribution in [0.1, 0.15) is 44.9 Å². The largest absolute Gasteiger partial charge is 1.00 e. The second kappa shape index (κ2) is 11.1. The first kappa shape index (κ1) is 25.1. The molecule has 4 nitrogen and oxygen atoms in total. The molecule has 6 heteroatoms. The Balaban J connectivity index is 0.00000136. The highest BCUT2D eigenvalue weighted by atomic mass is 35.5. The van der Waals surface area contributed by atoms with Gasteiger partial charge in [-0.1, -0.05) is 18.2 Å². The molecule has 1 aliphatic heterocycles. The molecule has 0 aromatic heterocycles. The molecule has 4 saturated carbocycles. The van der Waals surface area contributed by atoms with Crippen molar-refractivity contribution >= 4 is 5.69 Å². The molecular weight excluding hydrogens is 431 g/mol. The molecule has 6 rings (SSSR count). The van der Waals surface area contributed by atoms with Crippen LogP contribution in [0.15, 0.2) is 30.3 Å². The maximum Gasteiger partial charge on any atom is 0.0900 e. The van der Waals surface area contributed by atoms with Crippen LogP contribution in [0.4, 0.5) is 5.69 Å². The zero-order chi connectivity index (χ0) is 19.7. The third-order valence-corrected chi connectivity index (χ3v) is 8.21. The molecule has 1 saturated heterocycles. The number of aliphatic hydroxyl groups excluding tert-OH is 1. The molecule has 0 spiro atoms. The minimum atomic E-state index is -0.366. The van der Waals surface area contributed by atoms with E-state index in [4.69, 9.17) is 4.74 Å². The summed E-state index contributed by atoms with van der Waals surface area (Å²) in [4.78, 5) is 4.82. The van der Waals surface area contributed by atoms with E-state index in [2.05, 4.69) is 40.1 Å². The number of halogens is 2. The lowest BCUT2D eigenvalue weighted by Crippen LogP contribution is -3.00. The molecule has 176 valence electrons. The van der Waals surface area contributed by atoms with Crippen LogP contribution in [0.2, 0.25) is 0 Å². The summed E-state index contributed by atoms with van der Waals surface area (Å²) in [6.07, 6.45) is 9.75. The topological polar surface area (TPSA) is 35.9 Å². The van der Waals surface area contributed by atoms with Gasteiger partial charge in [-0.15, -0.1) is 0 Å². The molecule has 4 bridgehead atoms. The van der Waals surface area contributed by atoms with Crippen molar-refractivity contribution in [1.82, 2.24) is 4.90 Å². The van der Waals surface area contributed by atoms with Crippen LogP contribution in [0, 0.1) is 23.2 Å². The highest BCUT2D eigenvalue weighted by Crippen LogP contribution is 2.61. The molecule has 1 aromatic rings. The van der Waals surface area contributed by atoms with Gasteiger partial charge in [-0.05, 0) is 80.2 Å². The number of hydrogen-bond donors (Lipinski definition) is 1. The average Bonchev–Trinajstić information content (AvgIpc) is 2.71. The van der Waals surface area contributed by atoms with Gasteiger partial charge < -0.3 is 39.6 Å². The first-order valence-corrected chi connectivity index (χ1v) is 12.0. The lowest BCUT2D eigenvalue weighted by atomic mass is 9.49. The lowest BCUT2D eigenvalue weighted by Gasteiger charge is -2.57. The number of para-hydroxylation sites is 1. The number of β-amino-alcohol motifs (C(OH)–C–C–N with tert-alkyl or cyclic N) is 1. The van der Waals surface area contributed by atoms with Gasteiger partial charge in [-0.2, -0.15) is 0 Å². The van der Waals surface area contributed by atoms with Crippen molar-refractivity contribution in [3.05, 3.63) is 30.3 Å². The summed E-state index contributed by atoms with van der Waals surface area (Å²) >= 11 is 0. The minimum Gasteiger partial charge on any atom is -1.00 e. The van der Waals surface area contributed by atoms with Crippen molar-refractivity contribution in [2.75, 3.05) is 50.8 Å². The Morgan fingerprint density at radius 2 is 1.48 bits per heavy atom. The number of ether oxygens (including phenoxy) is 1. The Bertz CT molecular complexity index is 631. The first-order chi connectivity index (χ1) is 14.2. The summed E-state index contributed by atoms with van der Waals surface area (Å²) in [7, 11) is 0. The van der Waals surface area contributed by atoms with Crippen LogP contribution in [0.3, 0.4) is 0 Å². The molecule has 1 heterocycles. The van der Waals surface area contributed by atoms with Gasteiger partial charge in [0.1, 0.15) is 0 Å². The predicted molar refractivity (Wildman–Crippen MR) is 117 cm³/mol. The number of benzene rings is 1. The zero-order valence-corrected chi connectivity index (χ0v) is 20.1. The molecule has 31 heavy (non-hydrogen) atoms. The van der Waals surface area contributed by atoms with Crippen LogP contribution in [-0.2, 0) is 4.74 Å². The standard InChI is InChI=1S/C25H38N2O2.2ClH/c28-24(18-26-7-9-27(10-8-26)23-4-2-1-3-5-23)19-29-11-6-25-15-20-12-21(16-25)14-22(13-20)17-25;;/h1-5,20-22,24,28H,6-19H2;2*1H/p-2. The molecule has 1 unspecified atom stereocenters. The Morgan fingerprint density at radius 3 is 2.06 bits per heavy atom. The van der Waals surface area contributed by atoms with E-state index in [1.54, 1.807) is 0 Å². The van der Waals surface area contributed by atoms with E-state index in [0.717, 1.165) is 57.1 Å². The maximum atomic E-state index is 10.5. The second-order valence-corrected chi connectivity index (χ2v) is 10.5. The summed E-state index contributed by atoms with van der Waals surface area (Å²) in [5.41, 5.74) is 1.90. The van der Waals surface area contributed by atoms with Gasteiger partial charge >= 0.3 is 0 Å². The minimum absolute atomic E-state index is 0.